The molecule has 1 aromatic rings. The van der Waals surface area contributed by atoms with Crippen molar-refractivity contribution < 1.29 is 14.6 Å². The number of nitrogens with one attached hydrogen (secondary N) is 1. The van der Waals surface area contributed by atoms with Crippen LogP contribution in [0.15, 0.2) is 18.5 Å². The number of ether oxygens (including phenoxy) is 1. The fourth-order valence-electron chi connectivity index (χ4n) is 1.34. The average Bonchev–Trinajstić information content (AvgIpc) is 2.34. The maximum Gasteiger partial charge on any atom is 0.412 e. The molecule has 5 heteroatoms. The van der Waals surface area contributed by atoms with Gasteiger partial charge in [0.15, 0.2) is 0 Å². The molecule has 0 aliphatic carbocycles. The maximum atomic E-state index is 11.7. The number of carbonyl (C=O) groups excluding carboxylic acids is 1. The lowest BCUT2D eigenvalue weighted by Gasteiger charge is -2.19. The van der Waals surface area contributed by atoms with Gasteiger partial charge in [-0.3, -0.25) is 10.3 Å². The summed E-state index contributed by atoms with van der Waals surface area (Å²) in [6, 6.07) is 1.72. The molecule has 0 atom stereocenters. The van der Waals surface area contributed by atoms with Crippen LogP contribution < -0.4 is 5.32 Å². The molecule has 0 bridgehead atoms. The maximum absolute atomic E-state index is 11.7. The number of aromatic nitrogens is 1. The van der Waals surface area contributed by atoms with Gasteiger partial charge in [0, 0.05) is 19.2 Å². The first-order chi connectivity index (χ1) is 9.42. The third-order valence-electron chi connectivity index (χ3n) is 2.14. The van der Waals surface area contributed by atoms with E-state index in [1.165, 1.54) is 6.20 Å². The van der Waals surface area contributed by atoms with E-state index in [4.69, 9.17) is 9.84 Å². The Morgan fingerprint density at radius 3 is 2.90 bits per heavy atom. The fourth-order valence-corrected chi connectivity index (χ4v) is 1.34. The molecule has 0 aromatic carbocycles. The molecule has 0 unspecified atom stereocenters. The van der Waals surface area contributed by atoms with E-state index in [1.807, 2.05) is 0 Å². The van der Waals surface area contributed by atoms with Crippen LogP contribution in [0.1, 0.15) is 39.2 Å². The van der Waals surface area contributed by atoms with E-state index in [2.05, 4.69) is 22.1 Å². The van der Waals surface area contributed by atoms with Gasteiger partial charge in [0.25, 0.3) is 0 Å². The van der Waals surface area contributed by atoms with Gasteiger partial charge >= 0.3 is 6.09 Å². The van der Waals surface area contributed by atoms with E-state index in [-0.39, 0.29) is 6.61 Å². The van der Waals surface area contributed by atoms with Gasteiger partial charge in [-0.05, 0) is 33.3 Å². The molecule has 0 fully saturated rings. The number of hydrogen-bond acceptors (Lipinski definition) is 4. The van der Waals surface area contributed by atoms with Crippen molar-refractivity contribution in [3.8, 4) is 11.8 Å². The average molecular weight is 276 g/mol. The zero-order valence-electron chi connectivity index (χ0n) is 12.1. The predicted molar refractivity (Wildman–Crippen MR) is 77.3 cm³/mol. The molecule has 108 valence electrons. The van der Waals surface area contributed by atoms with Gasteiger partial charge in [0.1, 0.15) is 5.60 Å². The van der Waals surface area contributed by atoms with E-state index >= 15 is 0 Å². The highest BCUT2D eigenvalue weighted by molar-refractivity contribution is 5.86. The Balaban J connectivity index is 2.74. The van der Waals surface area contributed by atoms with E-state index in [0.29, 0.717) is 24.1 Å². The van der Waals surface area contributed by atoms with E-state index in [0.717, 1.165) is 0 Å². The topological polar surface area (TPSA) is 71.5 Å². The fraction of sp³-hybridized carbons (Fsp3) is 0.467. The van der Waals surface area contributed by atoms with Crippen molar-refractivity contribution >= 4 is 11.8 Å². The van der Waals surface area contributed by atoms with Crippen molar-refractivity contribution in [3.63, 3.8) is 0 Å². The van der Waals surface area contributed by atoms with Gasteiger partial charge in [-0.25, -0.2) is 4.79 Å². The molecule has 20 heavy (non-hydrogen) atoms. The molecule has 2 N–H and O–H groups in total. The second-order valence-electron chi connectivity index (χ2n) is 5.18. The summed E-state index contributed by atoms with van der Waals surface area (Å²) in [5.41, 5.74) is 0.626. The summed E-state index contributed by atoms with van der Waals surface area (Å²) in [6.07, 6.45) is 3.83. The molecule has 1 aromatic heterocycles. The van der Waals surface area contributed by atoms with Crippen LogP contribution in [0, 0.1) is 11.8 Å². The highest BCUT2D eigenvalue weighted by atomic mass is 16.6. The van der Waals surface area contributed by atoms with Crippen LogP contribution in [-0.4, -0.2) is 28.4 Å². The summed E-state index contributed by atoms with van der Waals surface area (Å²) in [7, 11) is 0. The lowest BCUT2D eigenvalue weighted by molar-refractivity contribution is 0.0636. The van der Waals surface area contributed by atoms with Gasteiger partial charge in [0.2, 0.25) is 0 Å². The quantitative estimate of drug-likeness (QED) is 0.657. The minimum atomic E-state index is -0.556. The van der Waals surface area contributed by atoms with E-state index < -0.39 is 11.7 Å². The number of pyridine rings is 1. The Bertz CT molecular complexity index is 510. The first-order valence-corrected chi connectivity index (χ1v) is 6.46. The zero-order valence-corrected chi connectivity index (χ0v) is 12.1. The number of aliphatic hydroxyl groups excluding tert-OH is 1. The molecule has 0 spiro atoms. The van der Waals surface area contributed by atoms with Gasteiger partial charge < -0.3 is 9.84 Å². The van der Waals surface area contributed by atoms with E-state index in [1.54, 1.807) is 33.0 Å². The van der Waals surface area contributed by atoms with Crippen LogP contribution in [-0.2, 0) is 4.74 Å². The second kappa shape index (κ2) is 7.51. The molecular weight excluding hydrogens is 256 g/mol. The molecule has 1 rings (SSSR count). The highest BCUT2D eigenvalue weighted by Gasteiger charge is 2.16. The van der Waals surface area contributed by atoms with Crippen LogP contribution >= 0.6 is 0 Å². The molecule has 0 saturated heterocycles. The number of anilines is 1. The number of hydrogen-bond donors (Lipinski definition) is 2. The number of unbranched alkanes of at least 4 members (excludes halogenated alkanes) is 1. The van der Waals surface area contributed by atoms with Crippen LogP contribution in [0.3, 0.4) is 0 Å². The Morgan fingerprint density at radius 1 is 1.50 bits per heavy atom. The lowest BCUT2D eigenvalue weighted by atomic mass is 10.2. The summed E-state index contributed by atoms with van der Waals surface area (Å²) in [4.78, 5) is 15.7. The van der Waals surface area contributed by atoms with Gasteiger partial charge in [-0.15, -0.1) is 0 Å². The number of nitrogens with zero attached hydrogens (tertiary/aromatic N) is 1. The van der Waals surface area contributed by atoms with Crippen molar-refractivity contribution in [2.24, 2.45) is 0 Å². The summed E-state index contributed by atoms with van der Waals surface area (Å²) in [5.74, 6) is 5.88. The Hall–Kier alpha value is -2.06. The molecule has 1 heterocycles. The third kappa shape index (κ3) is 6.21. The number of aliphatic hydroxyl groups is 1. The van der Waals surface area contributed by atoms with Crippen LogP contribution in [0.5, 0.6) is 0 Å². The van der Waals surface area contributed by atoms with Gasteiger partial charge in [-0.1, -0.05) is 11.8 Å². The Labute approximate surface area is 119 Å². The highest BCUT2D eigenvalue weighted by Crippen LogP contribution is 2.14. The molecule has 5 nitrogen and oxygen atoms in total. The van der Waals surface area contributed by atoms with Crippen LogP contribution in [0.2, 0.25) is 0 Å². The van der Waals surface area contributed by atoms with Crippen molar-refractivity contribution in [1.82, 2.24) is 4.98 Å². The molecule has 0 aliphatic heterocycles. The number of carbonyl (C=O) groups is 1. The summed E-state index contributed by atoms with van der Waals surface area (Å²) < 4.78 is 5.18. The second-order valence-corrected chi connectivity index (χ2v) is 5.18. The smallest absolute Gasteiger partial charge is 0.412 e. The molecular formula is C15H20N2O3. The summed E-state index contributed by atoms with van der Waals surface area (Å²) in [5, 5.41) is 11.3. The van der Waals surface area contributed by atoms with E-state index in [9.17, 15) is 4.79 Å². The summed E-state index contributed by atoms with van der Waals surface area (Å²) >= 11 is 0. The minimum Gasteiger partial charge on any atom is -0.444 e. The van der Waals surface area contributed by atoms with Crippen molar-refractivity contribution in [2.45, 2.75) is 39.2 Å². The first kappa shape index (κ1) is 16.0. The molecule has 0 aliphatic rings. The van der Waals surface area contributed by atoms with Gasteiger partial charge in [-0.2, -0.15) is 0 Å². The molecule has 0 saturated carbocycles. The van der Waals surface area contributed by atoms with Crippen molar-refractivity contribution in [2.75, 3.05) is 11.9 Å². The number of amides is 1. The minimum absolute atomic E-state index is 0.119. The monoisotopic (exact) mass is 276 g/mol. The van der Waals surface area contributed by atoms with Crippen LogP contribution in [0.4, 0.5) is 10.5 Å². The molecule has 0 radical (unpaired) electrons. The zero-order chi connectivity index (χ0) is 15.0. The third-order valence-corrected chi connectivity index (χ3v) is 2.14. The van der Waals surface area contributed by atoms with Crippen molar-refractivity contribution in [1.29, 1.82) is 0 Å². The molecule has 1 amide bonds. The van der Waals surface area contributed by atoms with Crippen LogP contribution in [0.25, 0.3) is 0 Å². The largest absolute Gasteiger partial charge is 0.444 e. The van der Waals surface area contributed by atoms with Gasteiger partial charge in [0.05, 0.1) is 17.4 Å². The standard InChI is InChI=1S/C15H20N2O3/c1-15(2,3)20-14(19)17-13-11-16-9-8-12(13)7-5-4-6-10-18/h8-9,11,18H,4,6,10H2,1-3H3,(H,17,19). The van der Waals surface area contributed by atoms with Crippen molar-refractivity contribution in [3.05, 3.63) is 24.0 Å². The lowest BCUT2D eigenvalue weighted by Crippen LogP contribution is -2.27. The normalized spacial score (nSPS) is 10.4. The summed E-state index contributed by atoms with van der Waals surface area (Å²) in [6.45, 7) is 5.51. The SMILES string of the molecule is CC(C)(C)OC(=O)Nc1cnccc1C#CCCCO. The number of rotatable bonds is 3. The first-order valence-electron chi connectivity index (χ1n) is 6.46. The predicted octanol–water partition coefficient (Wildman–Crippen LogP) is 2.55. The Morgan fingerprint density at radius 2 is 2.25 bits per heavy atom. The Kier molecular flexibility index (Phi) is 6.01.